The van der Waals surface area contributed by atoms with E-state index in [1.54, 1.807) is 43.3 Å². The first-order valence-electron chi connectivity index (χ1n) is 9.25. The summed E-state index contributed by atoms with van der Waals surface area (Å²) in [6.07, 6.45) is 2.33. The van der Waals surface area contributed by atoms with Crippen molar-refractivity contribution < 1.29 is 24.2 Å². The maximum atomic E-state index is 11.6. The summed E-state index contributed by atoms with van der Waals surface area (Å²) >= 11 is 12.5. The van der Waals surface area contributed by atoms with Crippen LogP contribution in [0.5, 0.6) is 11.5 Å². The molecule has 1 N–H and O–H groups in total. The first-order valence-corrected chi connectivity index (χ1v) is 10.0. The Labute approximate surface area is 179 Å². The molecule has 1 saturated carbocycles. The minimum atomic E-state index is -1.19. The number of oxime groups is 1. The van der Waals surface area contributed by atoms with Gasteiger partial charge in [-0.15, -0.1) is 0 Å². The zero-order chi connectivity index (χ0) is 20.8. The molecule has 1 aliphatic carbocycles. The fraction of sp³-hybridized carbons (Fsp3) is 0.333. The molecule has 3 rings (SSSR count). The summed E-state index contributed by atoms with van der Waals surface area (Å²) in [5.41, 5.74) is 0.838. The van der Waals surface area contributed by atoms with E-state index in [4.69, 9.17) is 37.5 Å². The maximum Gasteiger partial charge on any atom is 0.358 e. The first kappa shape index (κ1) is 21.3. The summed E-state index contributed by atoms with van der Waals surface area (Å²) in [7, 11) is 0. The predicted octanol–water partition coefficient (Wildman–Crippen LogP) is 5.19. The van der Waals surface area contributed by atoms with Crippen LogP contribution in [0.25, 0.3) is 0 Å². The van der Waals surface area contributed by atoms with Crippen LogP contribution in [0, 0.1) is 5.92 Å². The fourth-order valence-electron chi connectivity index (χ4n) is 2.59. The normalized spacial score (nSPS) is 13.8. The topological polar surface area (TPSA) is 77.4 Å². The Hall–Kier alpha value is -2.44. The van der Waals surface area contributed by atoms with Gasteiger partial charge in [-0.05, 0) is 37.3 Å². The molecule has 1 aliphatic rings. The highest BCUT2D eigenvalue weighted by Crippen LogP contribution is 2.38. The van der Waals surface area contributed by atoms with Crippen molar-refractivity contribution in [2.75, 3.05) is 13.2 Å². The van der Waals surface area contributed by atoms with Crippen LogP contribution in [-0.4, -0.2) is 30.0 Å². The van der Waals surface area contributed by atoms with Gasteiger partial charge in [0, 0.05) is 11.6 Å². The second kappa shape index (κ2) is 9.85. The highest BCUT2D eigenvalue weighted by atomic mass is 35.5. The SMILES string of the molecule is CCON=C(C(=O)O)c1ccccc1COc1cc(OCC2CC2)c(Cl)cc1Cl. The quantitative estimate of drug-likeness (QED) is 0.408. The zero-order valence-corrected chi connectivity index (χ0v) is 17.4. The predicted molar refractivity (Wildman–Crippen MR) is 111 cm³/mol. The molecule has 0 atom stereocenters. The molecule has 0 aliphatic heterocycles. The molecule has 0 spiro atoms. The summed E-state index contributed by atoms with van der Waals surface area (Å²) in [5, 5.41) is 14.0. The highest BCUT2D eigenvalue weighted by molar-refractivity contribution is 6.42. The molecular weight excluding hydrogens is 417 g/mol. The van der Waals surface area contributed by atoms with Crippen molar-refractivity contribution in [2.45, 2.75) is 26.4 Å². The van der Waals surface area contributed by atoms with Gasteiger partial charge in [-0.3, -0.25) is 0 Å². The molecule has 2 aromatic rings. The number of hydrogen-bond donors (Lipinski definition) is 1. The molecule has 8 heteroatoms. The van der Waals surface area contributed by atoms with Gasteiger partial charge in [-0.1, -0.05) is 52.6 Å². The van der Waals surface area contributed by atoms with Gasteiger partial charge in [0.25, 0.3) is 0 Å². The van der Waals surface area contributed by atoms with Gasteiger partial charge < -0.3 is 19.4 Å². The van der Waals surface area contributed by atoms with Crippen LogP contribution in [0.3, 0.4) is 0 Å². The lowest BCUT2D eigenvalue weighted by atomic mass is 10.0. The van der Waals surface area contributed by atoms with Gasteiger partial charge in [-0.2, -0.15) is 0 Å². The van der Waals surface area contributed by atoms with Crippen molar-refractivity contribution in [3.8, 4) is 11.5 Å². The van der Waals surface area contributed by atoms with Crippen LogP contribution in [-0.2, 0) is 16.2 Å². The van der Waals surface area contributed by atoms with Crippen molar-refractivity contribution >= 4 is 34.9 Å². The molecule has 0 radical (unpaired) electrons. The third kappa shape index (κ3) is 5.78. The van der Waals surface area contributed by atoms with E-state index >= 15 is 0 Å². The van der Waals surface area contributed by atoms with Crippen molar-refractivity contribution in [1.29, 1.82) is 0 Å². The van der Waals surface area contributed by atoms with Gasteiger partial charge in [0.1, 0.15) is 24.7 Å². The van der Waals surface area contributed by atoms with Crippen LogP contribution in [0.1, 0.15) is 30.9 Å². The molecule has 0 aromatic heterocycles. The second-order valence-corrected chi connectivity index (χ2v) is 7.39. The number of aliphatic carboxylic acids is 1. The van der Waals surface area contributed by atoms with E-state index in [1.165, 1.54) is 12.8 Å². The lowest BCUT2D eigenvalue weighted by Crippen LogP contribution is -2.18. The molecule has 0 heterocycles. The molecule has 0 unspecified atom stereocenters. The third-order valence-electron chi connectivity index (χ3n) is 4.30. The number of hydrogen-bond acceptors (Lipinski definition) is 5. The Morgan fingerprint density at radius 1 is 1.14 bits per heavy atom. The summed E-state index contributed by atoms with van der Waals surface area (Å²) in [6, 6.07) is 10.2. The van der Waals surface area contributed by atoms with E-state index in [2.05, 4.69) is 5.16 Å². The Balaban J connectivity index is 1.79. The Morgan fingerprint density at radius 2 is 1.83 bits per heavy atom. The Kier molecular flexibility index (Phi) is 7.23. The van der Waals surface area contributed by atoms with Gasteiger partial charge in [-0.25, -0.2) is 4.79 Å². The molecule has 2 aromatic carbocycles. The lowest BCUT2D eigenvalue weighted by molar-refractivity contribution is -0.129. The van der Waals surface area contributed by atoms with E-state index in [1.807, 2.05) is 0 Å². The standard InChI is InChI=1S/C21H21Cl2NO5/c1-2-29-24-20(21(25)26)15-6-4-3-5-14(15)12-28-19-10-18(16(22)9-17(19)23)27-11-13-7-8-13/h3-6,9-10,13H,2,7-8,11-12H2,1H3,(H,25,26). The number of carbonyl (C=O) groups is 1. The summed E-state index contributed by atoms with van der Waals surface area (Å²) in [6.45, 7) is 2.68. The van der Waals surface area contributed by atoms with Gasteiger partial charge in [0.05, 0.1) is 16.7 Å². The average molecular weight is 438 g/mol. The molecule has 0 amide bonds. The van der Waals surface area contributed by atoms with E-state index in [-0.39, 0.29) is 18.9 Å². The van der Waals surface area contributed by atoms with E-state index in [0.29, 0.717) is 45.2 Å². The minimum Gasteiger partial charge on any atom is -0.492 e. The number of rotatable bonds is 10. The first-order chi connectivity index (χ1) is 14.0. The maximum absolute atomic E-state index is 11.6. The van der Waals surface area contributed by atoms with Gasteiger partial charge in [0.15, 0.2) is 5.71 Å². The van der Waals surface area contributed by atoms with Crippen molar-refractivity contribution in [1.82, 2.24) is 0 Å². The van der Waals surface area contributed by atoms with Gasteiger partial charge >= 0.3 is 5.97 Å². The zero-order valence-electron chi connectivity index (χ0n) is 15.9. The molecule has 0 bridgehead atoms. The fourth-order valence-corrected chi connectivity index (χ4v) is 3.08. The highest BCUT2D eigenvalue weighted by Gasteiger charge is 2.23. The lowest BCUT2D eigenvalue weighted by Gasteiger charge is -2.14. The van der Waals surface area contributed by atoms with Gasteiger partial charge in [0.2, 0.25) is 0 Å². The molecule has 154 valence electrons. The molecule has 29 heavy (non-hydrogen) atoms. The number of benzene rings is 2. The molecule has 0 saturated heterocycles. The minimum absolute atomic E-state index is 0.0814. The second-order valence-electron chi connectivity index (χ2n) is 6.58. The number of carboxylic acid groups (broad SMARTS) is 1. The van der Waals surface area contributed by atoms with Crippen LogP contribution in [0.15, 0.2) is 41.6 Å². The summed E-state index contributed by atoms with van der Waals surface area (Å²) in [5.74, 6) is 0.300. The van der Waals surface area contributed by atoms with Crippen LogP contribution in [0.2, 0.25) is 10.0 Å². The Morgan fingerprint density at radius 3 is 2.48 bits per heavy atom. The van der Waals surface area contributed by atoms with Crippen LogP contribution >= 0.6 is 23.2 Å². The average Bonchev–Trinajstić information content (AvgIpc) is 3.52. The number of nitrogens with zero attached hydrogens (tertiary/aromatic N) is 1. The smallest absolute Gasteiger partial charge is 0.358 e. The van der Waals surface area contributed by atoms with E-state index in [9.17, 15) is 9.90 Å². The van der Waals surface area contributed by atoms with E-state index in [0.717, 1.165) is 0 Å². The monoisotopic (exact) mass is 437 g/mol. The van der Waals surface area contributed by atoms with Crippen molar-refractivity contribution in [3.05, 3.63) is 57.6 Å². The number of halogens is 2. The number of ether oxygens (including phenoxy) is 2. The van der Waals surface area contributed by atoms with E-state index < -0.39 is 5.97 Å². The van der Waals surface area contributed by atoms with Crippen LogP contribution < -0.4 is 9.47 Å². The number of carboxylic acids is 1. The van der Waals surface area contributed by atoms with Crippen molar-refractivity contribution in [3.63, 3.8) is 0 Å². The van der Waals surface area contributed by atoms with Crippen LogP contribution in [0.4, 0.5) is 0 Å². The summed E-state index contributed by atoms with van der Waals surface area (Å²) < 4.78 is 11.6. The summed E-state index contributed by atoms with van der Waals surface area (Å²) in [4.78, 5) is 16.5. The Bertz CT molecular complexity index is 912. The van der Waals surface area contributed by atoms with Crippen molar-refractivity contribution in [2.24, 2.45) is 11.1 Å². The molecular formula is C21H21Cl2NO5. The molecule has 6 nitrogen and oxygen atoms in total. The largest absolute Gasteiger partial charge is 0.492 e. The molecule has 1 fully saturated rings. The third-order valence-corrected chi connectivity index (χ3v) is 4.89.